The van der Waals surface area contributed by atoms with Gasteiger partial charge in [-0.3, -0.25) is 10.1 Å². The smallest absolute Gasteiger partial charge is 0.353 e. The van der Waals surface area contributed by atoms with Gasteiger partial charge in [-0.05, 0) is 20.8 Å². The van der Waals surface area contributed by atoms with Gasteiger partial charge in [0.25, 0.3) is 0 Å². The van der Waals surface area contributed by atoms with Crippen LogP contribution in [0, 0.1) is 10.1 Å². The van der Waals surface area contributed by atoms with Crippen molar-refractivity contribution in [1.29, 1.82) is 0 Å². The zero-order chi connectivity index (χ0) is 14.7. The lowest BCUT2D eigenvalue weighted by Crippen LogP contribution is -2.46. The van der Waals surface area contributed by atoms with Gasteiger partial charge in [0.2, 0.25) is 11.6 Å². The van der Waals surface area contributed by atoms with Crippen LogP contribution >= 0.6 is 0 Å². The van der Waals surface area contributed by atoms with Crippen molar-refractivity contribution in [2.24, 2.45) is 0 Å². The summed E-state index contributed by atoms with van der Waals surface area (Å²) in [6, 6.07) is 0. The summed E-state index contributed by atoms with van der Waals surface area (Å²) in [5, 5.41) is 14.3. The Kier molecular flexibility index (Phi) is 4.33. The van der Waals surface area contributed by atoms with E-state index in [9.17, 15) is 10.1 Å². The predicted molar refractivity (Wildman–Crippen MR) is 75.1 cm³/mol. The number of nitrogens with zero attached hydrogens (tertiary/aromatic N) is 4. The molecule has 0 spiro atoms. The maximum absolute atomic E-state index is 11.4. The van der Waals surface area contributed by atoms with Crippen LogP contribution in [0.2, 0.25) is 0 Å². The lowest BCUT2D eigenvalue weighted by Gasteiger charge is -2.35. The lowest BCUT2D eigenvalue weighted by atomic mass is 10.2. The van der Waals surface area contributed by atoms with Crippen LogP contribution in [0.3, 0.4) is 0 Å². The molecule has 1 aliphatic heterocycles. The van der Waals surface area contributed by atoms with Gasteiger partial charge in [-0.15, -0.1) is 0 Å². The molecule has 0 amide bonds. The molecule has 2 rings (SSSR count). The minimum Gasteiger partial charge on any atom is -0.372 e. The van der Waals surface area contributed by atoms with Gasteiger partial charge < -0.3 is 15.0 Å². The van der Waals surface area contributed by atoms with Crippen molar-refractivity contribution in [3.63, 3.8) is 0 Å². The molecule has 1 aromatic heterocycles. The minimum absolute atomic E-state index is 0.0101. The van der Waals surface area contributed by atoms with E-state index in [0.29, 0.717) is 25.5 Å². The van der Waals surface area contributed by atoms with Gasteiger partial charge in [0, 0.05) is 19.6 Å². The Morgan fingerprint density at radius 2 is 2.10 bits per heavy atom. The highest BCUT2D eigenvalue weighted by molar-refractivity contribution is 5.70. The van der Waals surface area contributed by atoms with Crippen molar-refractivity contribution in [3.05, 3.63) is 16.4 Å². The molecule has 8 nitrogen and oxygen atoms in total. The Balaban J connectivity index is 2.39. The van der Waals surface area contributed by atoms with Crippen LogP contribution < -0.4 is 10.2 Å². The highest BCUT2D eigenvalue weighted by Crippen LogP contribution is 2.33. The molecule has 0 aliphatic carbocycles. The van der Waals surface area contributed by atoms with E-state index >= 15 is 0 Å². The summed E-state index contributed by atoms with van der Waals surface area (Å²) in [7, 11) is 0. The van der Waals surface area contributed by atoms with Gasteiger partial charge in [0.15, 0.2) is 0 Å². The fraction of sp³-hybridized carbons (Fsp3) is 0.667. The first-order chi connectivity index (χ1) is 9.52. The molecule has 1 aromatic rings. The van der Waals surface area contributed by atoms with Crippen LogP contribution in [0.1, 0.15) is 20.8 Å². The molecule has 2 atom stereocenters. The number of rotatable bonds is 4. The van der Waals surface area contributed by atoms with E-state index in [0.717, 1.165) is 0 Å². The molecule has 20 heavy (non-hydrogen) atoms. The highest BCUT2D eigenvalue weighted by atomic mass is 16.6. The van der Waals surface area contributed by atoms with Gasteiger partial charge in [-0.1, -0.05) is 0 Å². The third kappa shape index (κ3) is 2.96. The normalized spacial score (nSPS) is 22.6. The Labute approximate surface area is 117 Å². The second-order valence-electron chi connectivity index (χ2n) is 4.84. The molecule has 1 N–H and O–H groups in total. The number of anilines is 2. The van der Waals surface area contributed by atoms with Gasteiger partial charge >= 0.3 is 5.69 Å². The van der Waals surface area contributed by atoms with E-state index in [4.69, 9.17) is 4.74 Å². The summed E-state index contributed by atoms with van der Waals surface area (Å²) in [5.41, 5.74) is -0.0735. The standard InChI is InChI=1S/C12H19N5O3/c1-4-13-11-10(17(18)19)12(15-7-14-11)16-5-8(2)20-9(3)6-16/h7-9H,4-6H2,1-3H3,(H,13,14,15). The van der Waals surface area contributed by atoms with E-state index in [2.05, 4.69) is 15.3 Å². The molecule has 1 fully saturated rings. The van der Waals surface area contributed by atoms with Gasteiger partial charge in [0.05, 0.1) is 17.1 Å². The average molecular weight is 281 g/mol. The number of nitrogens with one attached hydrogen (secondary N) is 1. The van der Waals surface area contributed by atoms with E-state index in [1.807, 2.05) is 25.7 Å². The molecule has 110 valence electrons. The third-order valence-electron chi connectivity index (χ3n) is 3.05. The highest BCUT2D eigenvalue weighted by Gasteiger charge is 2.31. The van der Waals surface area contributed by atoms with Crippen LogP contribution in [0.25, 0.3) is 0 Å². The fourth-order valence-corrected chi connectivity index (χ4v) is 2.42. The number of aromatic nitrogens is 2. The lowest BCUT2D eigenvalue weighted by molar-refractivity contribution is -0.383. The molecule has 0 bridgehead atoms. The monoisotopic (exact) mass is 281 g/mol. The summed E-state index contributed by atoms with van der Waals surface area (Å²) >= 11 is 0. The van der Waals surface area contributed by atoms with Crippen LogP contribution in [0.5, 0.6) is 0 Å². The maximum atomic E-state index is 11.4. The van der Waals surface area contributed by atoms with Crippen LogP contribution in [0.15, 0.2) is 6.33 Å². The van der Waals surface area contributed by atoms with Crippen molar-refractivity contribution in [2.45, 2.75) is 33.0 Å². The summed E-state index contributed by atoms with van der Waals surface area (Å²) in [5.74, 6) is 0.609. The molecule has 2 unspecified atom stereocenters. The zero-order valence-electron chi connectivity index (χ0n) is 11.9. The van der Waals surface area contributed by atoms with E-state index < -0.39 is 4.92 Å². The summed E-state index contributed by atoms with van der Waals surface area (Å²) in [6.45, 7) is 7.47. The van der Waals surface area contributed by atoms with Crippen LogP contribution in [-0.2, 0) is 4.74 Å². The summed E-state index contributed by atoms with van der Waals surface area (Å²) < 4.78 is 5.65. The molecular weight excluding hydrogens is 262 g/mol. The molecule has 0 aromatic carbocycles. The summed E-state index contributed by atoms with van der Waals surface area (Å²) in [6.07, 6.45) is 1.37. The number of ether oxygens (including phenoxy) is 1. The first-order valence-corrected chi connectivity index (χ1v) is 6.66. The number of morpholine rings is 1. The van der Waals surface area contributed by atoms with E-state index in [-0.39, 0.29) is 23.7 Å². The van der Waals surface area contributed by atoms with Gasteiger partial charge in [-0.2, -0.15) is 0 Å². The Hall–Kier alpha value is -1.96. The number of hydrogen-bond donors (Lipinski definition) is 1. The average Bonchev–Trinajstić information content (AvgIpc) is 2.37. The predicted octanol–water partition coefficient (Wildman–Crippen LogP) is 1.43. The number of nitro groups is 1. The first-order valence-electron chi connectivity index (χ1n) is 6.66. The molecule has 0 saturated carbocycles. The SMILES string of the molecule is CCNc1ncnc(N2CC(C)OC(C)C2)c1[N+](=O)[O-]. The minimum atomic E-state index is -0.432. The van der Waals surface area contributed by atoms with E-state index in [1.165, 1.54) is 6.33 Å². The molecule has 1 saturated heterocycles. The molecule has 2 heterocycles. The maximum Gasteiger partial charge on any atom is 0.353 e. The topological polar surface area (TPSA) is 93.4 Å². The molecule has 8 heteroatoms. The van der Waals surface area contributed by atoms with Crippen molar-refractivity contribution in [2.75, 3.05) is 29.9 Å². The van der Waals surface area contributed by atoms with Crippen molar-refractivity contribution in [3.8, 4) is 0 Å². The largest absolute Gasteiger partial charge is 0.372 e. The molecule has 1 aliphatic rings. The fourth-order valence-electron chi connectivity index (χ4n) is 2.42. The number of hydrogen-bond acceptors (Lipinski definition) is 7. The van der Waals surface area contributed by atoms with Gasteiger partial charge in [-0.25, -0.2) is 9.97 Å². The first kappa shape index (κ1) is 14.4. The van der Waals surface area contributed by atoms with Gasteiger partial charge in [0.1, 0.15) is 6.33 Å². The Bertz CT molecular complexity index is 486. The quantitative estimate of drug-likeness (QED) is 0.659. The second kappa shape index (κ2) is 6.00. The van der Waals surface area contributed by atoms with Crippen molar-refractivity contribution >= 4 is 17.3 Å². The third-order valence-corrected chi connectivity index (χ3v) is 3.05. The van der Waals surface area contributed by atoms with Crippen molar-refractivity contribution in [1.82, 2.24) is 9.97 Å². The van der Waals surface area contributed by atoms with Crippen LogP contribution in [-0.4, -0.2) is 46.7 Å². The molecular formula is C12H19N5O3. The Morgan fingerprint density at radius 3 is 2.65 bits per heavy atom. The molecule has 0 radical (unpaired) electrons. The van der Waals surface area contributed by atoms with E-state index in [1.54, 1.807) is 0 Å². The Morgan fingerprint density at radius 1 is 1.45 bits per heavy atom. The summed E-state index contributed by atoms with van der Waals surface area (Å²) in [4.78, 5) is 20.9. The van der Waals surface area contributed by atoms with Crippen LogP contribution in [0.4, 0.5) is 17.3 Å². The zero-order valence-corrected chi connectivity index (χ0v) is 11.9. The van der Waals surface area contributed by atoms with Crippen molar-refractivity contribution < 1.29 is 9.66 Å². The second-order valence-corrected chi connectivity index (χ2v) is 4.84.